The quantitative estimate of drug-likeness (QED) is 0.828. The van der Waals surface area contributed by atoms with Crippen molar-refractivity contribution in [2.45, 2.75) is 25.4 Å². The van der Waals surface area contributed by atoms with Gasteiger partial charge in [-0.2, -0.15) is 0 Å². The number of halogens is 1. The third-order valence-corrected chi connectivity index (χ3v) is 4.22. The lowest BCUT2D eigenvalue weighted by atomic mass is 9.87. The minimum absolute atomic E-state index is 0.146. The molecule has 3 unspecified atom stereocenters. The number of benzene rings is 1. The second-order valence-electron chi connectivity index (χ2n) is 4.54. The van der Waals surface area contributed by atoms with Crippen LogP contribution < -0.4 is 0 Å². The molecule has 0 aromatic heterocycles. The normalized spacial score (nSPS) is 25.8. The number of carboxylic acid groups (broad SMARTS) is 1. The molecule has 2 N–H and O–H groups in total. The van der Waals surface area contributed by atoms with Gasteiger partial charge in [0.05, 0.1) is 12.0 Å². The van der Waals surface area contributed by atoms with Crippen molar-refractivity contribution in [3.05, 3.63) is 33.4 Å². The second kappa shape index (κ2) is 5.35. The summed E-state index contributed by atoms with van der Waals surface area (Å²) in [5.41, 5.74) is 0.823. The summed E-state index contributed by atoms with van der Waals surface area (Å²) in [7, 11) is 0. The molecular weight excluding hydrogens is 331 g/mol. The lowest BCUT2D eigenvalue weighted by molar-refractivity contribution is -0.144. The molecule has 0 bridgehead atoms. The molecule has 1 aromatic carbocycles. The summed E-state index contributed by atoms with van der Waals surface area (Å²) >= 11 is 2.21. The van der Waals surface area contributed by atoms with E-state index in [1.54, 1.807) is 0 Å². The van der Waals surface area contributed by atoms with Crippen molar-refractivity contribution >= 4 is 28.6 Å². The van der Waals surface area contributed by atoms with E-state index in [4.69, 9.17) is 5.11 Å². The average Bonchev–Trinajstić information content (AvgIpc) is 2.78. The van der Waals surface area contributed by atoms with Gasteiger partial charge >= 0.3 is 5.97 Å². The topological polar surface area (TPSA) is 57.5 Å². The number of rotatable bonds is 3. The zero-order valence-corrected chi connectivity index (χ0v) is 11.5. The van der Waals surface area contributed by atoms with Crippen molar-refractivity contribution in [1.82, 2.24) is 0 Å². The van der Waals surface area contributed by atoms with Gasteiger partial charge in [-0.1, -0.05) is 18.6 Å². The van der Waals surface area contributed by atoms with Gasteiger partial charge in [0.15, 0.2) is 0 Å². The number of hydrogen-bond donors (Lipinski definition) is 2. The molecule has 17 heavy (non-hydrogen) atoms. The Kier molecular flexibility index (Phi) is 4.04. The Morgan fingerprint density at radius 2 is 1.94 bits per heavy atom. The fourth-order valence-electron chi connectivity index (χ4n) is 2.58. The maximum atomic E-state index is 11.1. The average molecular weight is 346 g/mol. The van der Waals surface area contributed by atoms with Crippen LogP contribution in [0.1, 0.15) is 30.9 Å². The van der Waals surface area contributed by atoms with Gasteiger partial charge in [0.1, 0.15) is 0 Å². The molecule has 0 heterocycles. The molecule has 3 atom stereocenters. The summed E-state index contributed by atoms with van der Waals surface area (Å²) in [6.45, 7) is 0. The van der Waals surface area contributed by atoms with Crippen LogP contribution in [-0.4, -0.2) is 16.2 Å². The first kappa shape index (κ1) is 12.8. The number of carboxylic acids is 1. The van der Waals surface area contributed by atoms with Gasteiger partial charge in [0.2, 0.25) is 0 Å². The van der Waals surface area contributed by atoms with E-state index >= 15 is 0 Å². The standard InChI is InChI=1S/C13H15IO3/c14-9-6-4-8(5-7-9)12(15)10-2-1-3-11(10)13(16)17/h4-7,10-12,15H,1-3H2,(H,16,17). The number of aliphatic hydroxyl groups excluding tert-OH is 1. The van der Waals surface area contributed by atoms with Crippen LogP contribution >= 0.6 is 22.6 Å². The highest BCUT2D eigenvalue weighted by Gasteiger charge is 2.37. The van der Waals surface area contributed by atoms with E-state index in [1.165, 1.54) is 0 Å². The lowest BCUT2D eigenvalue weighted by Crippen LogP contribution is -2.23. The SMILES string of the molecule is O=C(O)C1CCCC1C(O)c1ccc(I)cc1. The number of hydrogen-bond acceptors (Lipinski definition) is 2. The predicted molar refractivity (Wildman–Crippen MR) is 72.6 cm³/mol. The minimum Gasteiger partial charge on any atom is -0.481 e. The monoisotopic (exact) mass is 346 g/mol. The smallest absolute Gasteiger partial charge is 0.306 e. The fraction of sp³-hybridized carbons (Fsp3) is 0.462. The first-order valence-electron chi connectivity index (χ1n) is 5.76. The summed E-state index contributed by atoms with van der Waals surface area (Å²) in [6, 6.07) is 7.63. The summed E-state index contributed by atoms with van der Waals surface area (Å²) in [5.74, 6) is -1.33. The zero-order chi connectivity index (χ0) is 12.4. The highest BCUT2D eigenvalue weighted by Crippen LogP contribution is 2.40. The van der Waals surface area contributed by atoms with E-state index in [9.17, 15) is 9.90 Å². The molecule has 0 aliphatic heterocycles. The highest BCUT2D eigenvalue weighted by atomic mass is 127. The van der Waals surface area contributed by atoms with Crippen molar-refractivity contribution in [2.24, 2.45) is 11.8 Å². The molecule has 0 radical (unpaired) electrons. The summed E-state index contributed by atoms with van der Waals surface area (Å²) < 4.78 is 1.11. The van der Waals surface area contributed by atoms with Crippen LogP contribution in [0.2, 0.25) is 0 Å². The van der Waals surface area contributed by atoms with Gasteiger partial charge in [-0.25, -0.2) is 0 Å². The largest absolute Gasteiger partial charge is 0.481 e. The predicted octanol–water partition coefficient (Wildman–Crippen LogP) is 2.83. The maximum Gasteiger partial charge on any atom is 0.306 e. The van der Waals surface area contributed by atoms with E-state index in [0.29, 0.717) is 6.42 Å². The van der Waals surface area contributed by atoms with Crippen molar-refractivity contribution < 1.29 is 15.0 Å². The Morgan fingerprint density at radius 3 is 2.53 bits per heavy atom. The molecule has 2 rings (SSSR count). The van der Waals surface area contributed by atoms with Crippen molar-refractivity contribution in [3.63, 3.8) is 0 Å². The molecule has 4 heteroatoms. The van der Waals surface area contributed by atoms with Gasteiger partial charge in [-0.05, 0) is 53.1 Å². The molecule has 1 fully saturated rings. The van der Waals surface area contributed by atoms with E-state index in [2.05, 4.69) is 22.6 Å². The van der Waals surface area contributed by atoms with E-state index in [-0.39, 0.29) is 5.92 Å². The van der Waals surface area contributed by atoms with Crippen molar-refractivity contribution in [3.8, 4) is 0 Å². The van der Waals surface area contributed by atoms with Crippen molar-refractivity contribution in [2.75, 3.05) is 0 Å². The number of carbonyl (C=O) groups is 1. The van der Waals surface area contributed by atoms with Crippen LogP contribution in [0.4, 0.5) is 0 Å². The summed E-state index contributed by atoms with van der Waals surface area (Å²) in [5, 5.41) is 19.4. The molecule has 1 saturated carbocycles. The lowest BCUT2D eigenvalue weighted by Gasteiger charge is -2.22. The highest BCUT2D eigenvalue weighted by molar-refractivity contribution is 14.1. The van der Waals surface area contributed by atoms with Gasteiger partial charge in [-0.3, -0.25) is 4.79 Å². The summed E-state index contributed by atoms with van der Waals surface area (Å²) in [4.78, 5) is 11.1. The Bertz CT molecular complexity index is 402. The number of aliphatic carboxylic acids is 1. The fourth-order valence-corrected chi connectivity index (χ4v) is 2.94. The third kappa shape index (κ3) is 2.80. The first-order valence-corrected chi connectivity index (χ1v) is 6.84. The van der Waals surface area contributed by atoms with E-state index in [1.807, 2.05) is 24.3 Å². The zero-order valence-electron chi connectivity index (χ0n) is 9.34. The number of aliphatic hydroxyl groups is 1. The molecule has 1 aliphatic rings. The second-order valence-corrected chi connectivity index (χ2v) is 5.78. The van der Waals surface area contributed by atoms with Gasteiger partial charge in [0, 0.05) is 9.49 Å². The molecule has 1 aliphatic carbocycles. The molecular formula is C13H15IO3. The Balaban J connectivity index is 2.16. The Hall–Kier alpha value is -0.620. The van der Waals surface area contributed by atoms with Gasteiger partial charge in [-0.15, -0.1) is 0 Å². The van der Waals surface area contributed by atoms with Crippen LogP contribution in [0.5, 0.6) is 0 Å². The summed E-state index contributed by atoms with van der Waals surface area (Å²) in [6.07, 6.45) is 1.71. The molecule has 3 nitrogen and oxygen atoms in total. The van der Waals surface area contributed by atoms with E-state index in [0.717, 1.165) is 22.0 Å². The van der Waals surface area contributed by atoms with Crippen LogP contribution in [0.15, 0.2) is 24.3 Å². The van der Waals surface area contributed by atoms with E-state index < -0.39 is 18.0 Å². The van der Waals surface area contributed by atoms with Crippen LogP contribution in [0.3, 0.4) is 0 Å². The molecule has 0 saturated heterocycles. The Labute approximate surface area is 114 Å². The van der Waals surface area contributed by atoms with Crippen LogP contribution in [0, 0.1) is 15.4 Å². The maximum absolute atomic E-state index is 11.1. The van der Waals surface area contributed by atoms with Crippen LogP contribution in [-0.2, 0) is 4.79 Å². The van der Waals surface area contributed by atoms with Gasteiger partial charge in [0.25, 0.3) is 0 Å². The van der Waals surface area contributed by atoms with Crippen molar-refractivity contribution in [1.29, 1.82) is 0 Å². The Morgan fingerprint density at radius 1 is 1.29 bits per heavy atom. The first-order chi connectivity index (χ1) is 8.09. The molecule has 0 amide bonds. The third-order valence-electron chi connectivity index (χ3n) is 3.50. The molecule has 92 valence electrons. The minimum atomic E-state index is -0.780. The molecule has 1 aromatic rings. The van der Waals surface area contributed by atoms with Gasteiger partial charge < -0.3 is 10.2 Å². The van der Waals surface area contributed by atoms with Crippen LogP contribution in [0.25, 0.3) is 0 Å². The molecule has 0 spiro atoms.